The Labute approximate surface area is 194 Å². The Hall–Kier alpha value is -0.817. The van der Waals surface area contributed by atoms with Crippen molar-refractivity contribution in [2.45, 2.75) is 25.8 Å². The Bertz CT molecular complexity index is 635. The van der Waals surface area contributed by atoms with Crippen LogP contribution < -0.4 is 5.30 Å². The van der Waals surface area contributed by atoms with Gasteiger partial charge >= 0.3 is 34.5 Å². The van der Waals surface area contributed by atoms with Gasteiger partial charge in [-0.1, -0.05) is 57.8 Å². The summed E-state index contributed by atoms with van der Waals surface area (Å²) in [5, 5.41) is 1.49. The molecule has 1 heterocycles. The third-order valence-electron chi connectivity index (χ3n) is 3.29. The van der Waals surface area contributed by atoms with Crippen LogP contribution in [0.15, 0.2) is 85.1 Å². The molecular formula is C23H28Cl2N2PRu-3. The van der Waals surface area contributed by atoms with E-state index in [-0.39, 0.29) is 21.7 Å². The van der Waals surface area contributed by atoms with Crippen molar-refractivity contribution in [1.82, 2.24) is 4.98 Å². The third-order valence-corrected chi connectivity index (χ3v) is 4.64. The standard InChI is InChI=1S/C11H16P.C6H7N2.C6H5.2ClH.Ru/c1-2-3-7-10-12-11-8-5-4-6-9-11;7-5-6-3-1-2-4-8-6;1-2-4-6-5-3-1;;;/h4-6,8-9,12H,1-3,7,10H2;1-4,7H,5H2;1-5H;2*1H;/q3*-1;;;+2/p-2. The van der Waals surface area contributed by atoms with Gasteiger partial charge in [0.2, 0.25) is 0 Å². The maximum atomic E-state index is 6.88. The number of unbranched alkanes of at least 4 members (excludes halogenated alkanes) is 2. The maximum absolute atomic E-state index is 6.88. The predicted molar refractivity (Wildman–Crippen MR) is 128 cm³/mol. The van der Waals surface area contributed by atoms with Crippen molar-refractivity contribution in [2.75, 3.05) is 6.16 Å². The molecule has 0 fully saturated rings. The largest absolute Gasteiger partial charge is 0.672 e. The zero-order valence-corrected chi connectivity index (χ0v) is 20.6. The summed E-state index contributed by atoms with van der Waals surface area (Å²) < 4.78 is 0. The number of halogens is 2. The van der Waals surface area contributed by atoms with E-state index in [0.29, 0.717) is 0 Å². The second kappa shape index (κ2) is 23.5. The second-order valence-electron chi connectivity index (χ2n) is 5.48. The molecule has 1 aromatic heterocycles. The van der Waals surface area contributed by atoms with Gasteiger partial charge in [-0.15, -0.1) is 6.54 Å². The smallest absolute Gasteiger partial charge is 0.0270 e. The second-order valence-corrected chi connectivity index (χ2v) is 9.55. The fourth-order valence-corrected chi connectivity index (χ4v) is 3.08. The van der Waals surface area contributed by atoms with Gasteiger partial charge in [0.25, 0.3) is 0 Å². The van der Waals surface area contributed by atoms with Crippen molar-refractivity contribution in [1.29, 1.82) is 0 Å². The van der Waals surface area contributed by atoms with Gasteiger partial charge in [0, 0.05) is 11.9 Å². The number of hydrogen-bond acceptors (Lipinski definition) is 1. The molecule has 1 unspecified atom stereocenters. The van der Waals surface area contributed by atoms with Crippen molar-refractivity contribution >= 4 is 33.3 Å². The van der Waals surface area contributed by atoms with Crippen molar-refractivity contribution in [3.05, 3.63) is 109 Å². The van der Waals surface area contributed by atoms with Gasteiger partial charge in [0.1, 0.15) is 0 Å². The minimum atomic E-state index is -0.346. The van der Waals surface area contributed by atoms with Crippen molar-refractivity contribution in [3.8, 4) is 0 Å². The van der Waals surface area contributed by atoms with Crippen molar-refractivity contribution in [2.24, 2.45) is 0 Å². The molecule has 3 rings (SSSR count). The van der Waals surface area contributed by atoms with Crippen LogP contribution in [-0.4, -0.2) is 11.1 Å². The Morgan fingerprint density at radius 3 is 1.97 bits per heavy atom. The molecule has 0 saturated carbocycles. The first-order chi connectivity index (χ1) is 14.3. The van der Waals surface area contributed by atoms with Crippen LogP contribution in [0.1, 0.15) is 25.0 Å². The fraction of sp³-hybridized carbons (Fsp3) is 0.217. The summed E-state index contributed by atoms with van der Waals surface area (Å²) in [6.07, 6.45) is 6.72. The molecule has 29 heavy (non-hydrogen) atoms. The molecule has 2 nitrogen and oxygen atoms in total. The van der Waals surface area contributed by atoms with E-state index in [1.165, 1.54) is 24.3 Å². The molecule has 0 aliphatic carbocycles. The normalized spacial score (nSPS) is 9.52. The van der Waals surface area contributed by atoms with E-state index in [1.54, 1.807) is 6.20 Å². The molecule has 0 aliphatic heterocycles. The Kier molecular flexibility index (Phi) is 22.8. The molecular weight excluding hydrogens is 507 g/mol. The SMILES string of the molecule is [CH2-]CCCCPc1ccccc1.[Cl][Ru][Cl].[NH-]Cc1ccccn1.[c-]1ccccc1. The van der Waals surface area contributed by atoms with Gasteiger partial charge < -0.3 is 12.7 Å². The van der Waals surface area contributed by atoms with E-state index in [2.05, 4.69) is 48.3 Å². The van der Waals surface area contributed by atoms with Gasteiger partial charge in [0.15, 0.2) is 0 Å². The molecule has 6 heteroatoms. The van der Waals surface area contributed by atoms with Gasteiger partial charge in [-0.2, -0.15) is 42.8 Å². The molecule has 0 saturated heterocycles. The molecule has 1 atom stereocenters. The molecule has 0 aliphatic rings. The average molecular weight is 535 g/mol. The van der Waals surface area contributed by atoms with Crippen LogP contribution in [-0.2, 0) is 21.7 Å². The average Bonchev–Trinajstić information content (AvgIpc) is 2.81. The Morgan fingerprint density at radius 1 is 0.931 bits per heavy atom. The molecule has 3 aromatic rings. The van der Waals surface area contributed by atoms with E-state index < -0.39 is 0 Å². The first kappa shape index (κ1) is 28.2. The number of pyridine rings is 1. The molecule has 0 spiro atoms. The van der Waals surface area contributed by atoms with Crippen LogP contribution in [0.25, 0.3) is 5.73 Å². The van der Waals surface area contributed by atoms with Crippen LogP contribution in [0.5, 0.6) is 0 Å². The summed E-state index contributed by atoms with van der Waals surface area (Å²) in [7, 11) is 10.7. The summed E-state index contributed by atoms with van der Waals surface area (Å²) in [5.41, 5.74) is 7.71. The molecule has 0 bridgehead atoms. The van der Waals surface area contributed by atoms with E-state index in [1.807, 2.05) is 48.5 Å². The molecule has 2 aromatic carbocycles. The molecule has 1 N–H and O–H groups in total. The van der Waals surface area contributed by atoms with Gasteiger partial charge in [-0.3, -0.25) is 4.98 Å². The molecule has 0 amide bonds. The van der Waals surface area contributed by atoms with Crippen molar-refractivity contribution in [3.63, 3.8) is 0 Å². The number of aromatic nitrogens is 1. The monoisotopic (exact) mass is 535 g/mol. The van der Waals surface area contributed by atoms with E-state index >= 15 is 0 Å². The summed E-state index contributed by atoms with van der Waals surface area (Å²) in [5.74, 6) is 0. The van der Waals surface area contributed by atoms with Crippen LogP contribution >= 0.6 is 28.0 Å². The number of benzene rings is 2. The topological polar surface area (TPSA) is 36.7 Å². The quantitative estimate of drug-likeness (QED) is 0.139. The predicted octanol–water partition coefficient (Wildman–Crippen LogP) is 7.49. The zero-order valence-electron chi connectivity index (χ0n) is 16.4. The van der Waals surface area contributed by atoms with Crippen LogP contribution in [0.4, 0.5) is 0 Å². The number of hydrogen-bond donors (Lipinski definition) is 0. The third kappa shape index (κ3) is 20.2. The zero-order chi connectivity index (χ0) is 21.4. The Morgan fingerprint density at radius 2 is 1.55 bits per heavy atom. The minimum absolute atomic E-state index is 0.279. The minimum Gasteiger partial charge on any atom is -0.672 e. The van der Waals surface area contributed by atoms with Gasteiger partial charge in [-0.25, -0.2) is 0 Å². The fourth-order valence-electron chi connectivity index (χ4n) is 1.94. The van der Waals surface area contributed by atoms with E-state index in [0.717, 1.165) is 20.7 Å². The van der Waals surface area contributed by atoms with Crippen LogP contribution in [0, 0.1) is 13.0 Å². The van der Waals surface area contributed by atoms with Gasteiger partial charge in [-0.05, 0) is 23.6 Å². The Balaban J connectivity index is 0.000000399. The summed E-state index contributed by atoms with van der Waals surface area (Å²) in [4.78, 5) is 3.91. The van der Waals surface area contributed by atoms with Gasteiger partial charge in [0.05, 0.1) is 0 Å². The molecule has 0 radical (unpaired) electrons. The van der Waals surface area contributed by atoms with E-state index in [9.17, 15) is 0 Å². The number of nitrogens with zero attached hydrogens (tertiary/aromatic N) is 1. The molecule has 160 valence electrons. The number of rotatable bonds is 6. The maximum Gasteiger partial charge on any atom is 0.0270 e. The summed E-state index contributed by atoms with van der Waals surface area (Å²) in [6.45, 7) is 4.11. The summed E-state index contributed by atoms with van der Waals surface area (Å²) in [6, 6.07) is 28.8. The summed E-state index contributed by atoms with van der Waals surface area (Å²) >= 11 is -0.346. The van der Waals surface area contributed by atoms with Crippen molar-refractivity contribution < 1.29 is 15.1 Å². The first-order valence-corrected chi connectivity index (χ1v) is 14.9. The van der Waals surface area contributed by atoms with E-state index in [4.69, 9.17) is 25.1 Å². The first-order valence-electron chi connectivity index (χ1n) is 9.17. The number of nitrogens with one attached hydrogen (secondary N) is 1. The van der Waals surface area contributed by atoms with Crippen LogP contribution in [0.3, 0.4) is 0 Å². The van der Waals surface area contributed by atoms with Crippen LogP contribution in [0.2, 0.25) is 0 Å².